The van der Waals surface area contributed by atoms with Gasteiger partial charge in [-0.05, 0) is 99.9 Å². The van der Waals surface area contributed by atoms with E-state index in [-0.39, 0.29) is 0 Å². The lowest BCUT2D eigenvalue weighted by molar-refractivity contribution is 0.397. The topological polar surface area (TPSA) is 43.4 Å². The standard InChI is InChI=1S/C44H52N2O4S4/c1-21-23(3)39(51-37(21)35-31(47-13)17-29(45(9)10)18-32(35)48-14)41-25(5)27(7)43(53-41)44-28(8)26(6)42(54-44)40-24(4)22(2)38(52-40)36-33(49-15)19-30(46(11)12)20-34(36)50-16/h17-20H,1-16H3. The van der Waals surface area contributed by atoms with Gasteiger partial charge in [0.1, 0.15) is 23.0 Å². The summed E-state index contributed by atoms with van der Waals surface area (Å²) in [6, 6.07) is 8.38. The Labute approximate surface area is 337 Å². The Morgan fingerprint density at radius 2 is 0.519 bits per heavy atom. The fourth-order valence-electron chi connectivity index (χ4n) is 6.92. The second kappa shape index (κ2) is 15.3. The Morgan fingerprint density at radius 1 is 0.333 bits per heavy atom. The van der Waals surface area contributed by atoms with Gasteiger partial charge in [0, 0.05) is 103 Å². The Kier molecular flexibility index (Phi) is 11.2. The summed E-state index contributed by atoms with van der Waals surface area (Å²) in [5.41, 5.74) is 14.6. The summed E-state index contributed by atoms with van der Waals surface area (Å²) >= 11 is 7.52. The van der Waals surface area contributed by atoms with Gasteiger partial charge in [0.2, 0.25) is 0 Å². The average molecular weight is 801 g/mol. The molecular weight excluding hydrogens is 749 g/mol. The summed E-state index contributed by atoms with van der Waals surface area (Å²) in [4.78, 5) is 14.5. The highest BCUT2D eigenvalue weighted by molar-refractivity contribution is 7.30. The molecule has 0 fully saturated rings. The van der Waals surface area contributed by atoms with Gasteiger partial charge in [-0.3, -0.25) is 0 Å². The second-order valence-electron chi connectivity index (χ2n) is 14.3. The maximum atomic E-state index is 5.98. The third kappa shape index (κ3) is 6.48. The molecule has 6 nitrogen and oxygen atoms in total. The number of anilines is 2. The van der Waals surface area contributed by atoms with Crippen LogP contribution in [0.25, 0.3) is 50.1 Å². The van der Waals surface area contributed by atoms with Crippen molar-refractivity contribution in [1.82, 2.24) is 0 Å². The lowest BCUT2D eigenvalue weighted by Gasteiger charge is -2.19. The first-order valence-electron chi connectivity index (χ1n) is 17.9. The molecule has 0 spiro atoms. The largest absolute Gasteiger partial charge is 0.496 e. The van der Waals surface area contributed by atoms with Crippen molar-refractivity contribution in [3.05, 3.63) is 68.8 Å². The van der Waals surface area contributed by atoms with Crippen LogP contribution < -0.4 is 28.7 Å². The molecule has 2 aromatic carbocycles. The molecule has 6 aromatic rings. The zero-order chi connectivity index (χ0) is 39.5. The lowest BCUT2D eigenvalue weighted by Crippen LogP contribution is -2.09. The molecule has 0 unspecified atom stereocenters. The van der Waals surface area contributed by atoms with E-state index in [9.17, 15) is 0 Å². The highest BCUT2D eigenvalue weighted by Gasteiger charge is 2.28. The number of thiophene rings is 4. The van der Waals surface area contributed by atoms with Crippen LogP contribution in [0.5, 0.6) is 23.0 Å². The average Bonchev–Trinajstić information content (AvgIpc) is 3.82. The molecule has 286 valence electrons. The van der Waals surface area contributed by atoms with Gasteiger partial charge in [-0.15, -0.1) is 45.3 Å². The van der Waals surface area contributed by atoms with Gasteiger partial charge in [0.15, 0.2) is 0 Å². The van der Waals surface area contributed by atoms with Crippen molar-refractivity contribution in [2.24, 2.45) is 0 Å². The van der Waals surface area contributed by atoms with Gasteiger partial charge in [-0.25, -0.2) is 0 Å². The lowest BCUT2D eigenvalue weighted by atomic mass is 10.0. The molecule has 6 rings (SSSR count). The van der Waals surface area contributed by atoms with E-state index >= 15 is 0 Å². The number of hydrogen-bond donors (Lipinski definition) is 0. The highest BCUT2D eigenvalue weighted by Crippen LogP contribution is 2.56. The molecular formula is C44H52N2O4S4. The van der Waals surface area contributed by atoms with E-state index in [1.807, 2.05) is 73.5 Å². The van der Waals surface area contributed by atoms with E-state index in [4.69, 9.17) is 18.9 Å². The van der Waals surface area contributed by atoms with Crippen LogP contribution in [0.2, 0.25) is 0 Å². The van der Waals surface area contributed by atoms with Gasteiger partial charge in [-0.1, -0.05) is 0 Å². The maximum absolute atomic E-state index is 5.98. The smallest absolute Gasteiger partial charge is 0.133 e. The monoisotopic (exact) mass is 800 g/mol. The molecule has 0 amide bonds. The Bertz CT molecular complexity index is 2170. The minimum Gasteiger partial charge on any atom is -0.496 e. The molecule has 0 saturated heterocycles. The zero-order valence-electron chi connectivity index (χ0n) is 34.5. The van der Waals surface area contributed by atoms with Crippen molar-refractivity contribution in [2.45, 2.75) is 55.4 Å². The van der Waals surface area contributed by atoms with Crippen LogP contribution in [0, 0.1) is 55.4 Å². The molecule has 4 aromatic heterocycles. The summed E-state index contributed by atoms with van der Waals surface area (Å²) < 4.78 is 23.9. The third-order valence-corrected chi connectivity index (χ3v) is 17.0. The molecule has 0 aliphatic rings. The molecule has 0 saturated carbocycles. The fraction of sp³-hybridized carbons (Fsp3) is 0.364. The van der Waals surface area contributed by atoms with Crippen molar-refractivity contribution in [2.75, 3.05) is 66.4 Å². The van der Waals surface area contributed by atoms with Crippen LogP contribution in [0.3, 0.4) is 0 Å². The second-order valence-corrected chi connectivity index (χ2v) is 18.4. The van der Waals surface area contributed by atoms with Gasteiger partial charge >= 0.3 is 0 Å². The van der Waals surface area contributed by atoms with Gasteiger partial charge < -0.3 is 28.7 Å². The number of nitrogens with zero attached hydrogens (tertiary/aromatic N) is 2. The third-order valence-electron chi connectivity index (χ3n) is 10.9. The Hall–Kier alpha value is -3.96. The number of methoxy groups -OCH3 is 4. The normalized spacial score (nSPS) is 11.3. The number of ether oxygens (including phenoxy) is 4. The summed E-state index contributed by atoms with van der Waals surface area (Å²) in [6.45, 7) is 18.1. The molecule has 0 bridgehead atoms. The van der Waals surface area contributed by atoms with Crippen molar-refractivity contribution in [1.29, 1.82) is 0 Å². The molecule has 0 aliphatic carbocycles. The predicted octanol–water partition coefficient (Wildman–Crippen LogP) is 12.9. The van der Waals surface area contributed by atoms with Gasteiger partial charge in [-0.2, -0.15) is 0 Å². The quantitative estimate of drug-likeness (QED) is 0.130. The van der Waals surface area contributed by atoms with Crippen molar-refractivity contribution in [3.63, 3.8) is 0 Å². The first-order chi connectivity index (χ1) is 25.6. The summed E-state index contributed by atoms with van der Waals surface area (Å²) in [5.74, 6) is 3.26. The number of hydrogen-bond acceptors (Lipinski definition) is 10. The zero-order valence-corrected chi connectivity index (χ0v) is 37.7. The SMILES string of the molecule is COc1cc(N(C)C)cc(OC)c1-c1sc(-c2sc(-c3sc(-c4sc(-c5c(OC)cc(N(C)C)cc5OC)c(C)c4C)c(C)c3C)c(C)c2C)c(C)c1C. The van der Waals surface area contributed by atoms with Gasteiger partial charge in [0.25, 0.3) is 0 Å². The molecule has 4 heterocycles. The van der Waals surface area contributed by atoms with E-state index in [1.54, 1.807) is 28.4 Å². The Balaban J connectivity index is 1.47. The van der Waals surface area contributed by atoms with Crippen molar-refractivity contribution in [3.8, 4) is 73.1 Å². The Morgan fingerprint density at radius 3 is 0.704 bits per heavy atom. The molecule has 0 atom stereocenters. The minimum atomic E-state index is 0.815. The molecule has 0 radical (unpaired) electrons. The summed E-state index contributed by atoms with van der Waals surface area (Å²) in [6.07, 6.45) is 0. The number of benzene rings is 2. The van der Waals surface area contributed by atoms with E-state index < -0.39 is 0 Å². The molecule has 54 heavy (non-hydrogen) atoms. The summed E-state index contributed by atoms with van der Waals surface area (Å²) in [7, 11) is 15.1. The van der Waals surface area contributed by atoms with Crippen LogP contribution in [-0.2, 0) is 0 Å². The molecule has 10 heteroatoms. The van der Waals surface area contributed by atoms with Crippen LogP contribution in [0.4, 0.5) is 11.4 Å². The van der Waals surface area contributed by atoms with E-state index in [0.717, 1.165) is 45.5 Å². The van der Waals surface area contributed by atoms with Crippen molar-refractivity contribution < 1.29 is 18.9 Å². The first kappa shape index (κ1) is 39.7. The minimum absolute atomic E-state index is 0.815. The molecule has 0 aliphatic heterocycles. The maximum Gasteiger partial charge on any atom is 0.133 e. The van der Waals surface area contributed by atoms with Crippen molar-refractivity contribution >= 4 is 56.7 Å². The predicted molar refractivity (Wildman–Crippen MR) is 238 cm³/mol. The van der Waals surface area contributed by atoms with E-state index in [2.05, 4.69) is 89.5 Å². The van der Waals surface area contributed by atoms with Gasteiger partial charge in [0.05, 0.1) is 39.6 Å². The van der Waals surface area contributed by atoms with Crippen LogP contribution in [-0.4, -0.2) is 56.6 Å². The first-order valence-corrected chi connectivity index (χ1v) is 21.1. The number of rotatable bonds is 11. The van der Waals surface area contributed by atoms with Crippen LogP contribution in [0.1, 0.15) is 44.5 Å². The van der Waals surface area contributed by atoms with E-state index in [1.165, 1.54) is 83.5 Å². The summed E-state index contributed by atoms with van der Waals surface area (Å²) in [5, 5.41) is 0. The van der Waals surface area contributed by atoms with Crippen LogP contribution >= 0.6 is 45.3 Å². The van der Waals surface area contributed by atoms with E-state index in [0.29, 0.717) is 0 Å². The highest BCUT2D eigenvalue weighted by atomic mass is 32.1. The molecule has 0 N–H and O–H groups in total. The fourth-order valence-corrected chi connectivity index (χ4v) is 13.0. The van der Waals surface area contributed by atoms with Crippen LogP contribution in [0.15, 0.2) is 24.3 Å².